The van der Waals surface area contributed by atoms with Crippen molar-refractivity contribution in [2.75, 3.05) is 19.5 Å². The van der Waals surface area contributed by atoms with Crippen molar-refractivity contribution in [1.29, 1.82) is 0 Å². The zero-order chi connectivity index (χ0) is 33.9. The Morgan fingerprint density at radius 1 is 0.896 bits per heavy atom. The number of nitrogens with zero attached hydrogens (tertiary/aromatic N) is 2. The van der Waals surface area contributed by atoms with Crippen molar-refractivity contribution in [3.05, 3.63) is 149 Å². The van der Waals surface area contributed by atoms with Crippen LogP contribution in [0.4, 0.5) is 5.69 Å². The van der Waals surface area contributed by atoms with Crippen LogP contribution >= 0.6 is 11.3 Å². The number of hydrogen-bond donors (Lipinski definition) is 1. The predicted octanol–water partition coefficient (Wildman–Crippen LogP) is 6.40. The molecule has 1 aliphatic rings. The van der Waals surface area contributed by atoms with Gasteiger partial charge in [-0.05, 0) is 98.0 Å². The molecule has 5 aromatic rings. The van der Waals surface area contributed by atoms with Crippen molar-refractivity contribution in [1.82, 2.24) is 4.57 Å². The standard InChI is InChI=1S/C39H37N3O5S/c1-23-18-24(2)31(25(3)19-23)22-47-32-17-12-27(20-33(32)46-6)21-34-38(44)42-36(28-13-15-30(45-5)16-14-28)35(26(4)40-39(42)48-34)37(43)41-29-10-8-7-9-11-29/h7-21,36H,22H2,1-6H3,(H,41,43)/b34-21+/t36-/m1/s1. The number of fused-ring (bicyclic) bond motifs is 1. The lowest BCUT2D eigenvalue weighted by Gasteiger charge is -2.25. The molecule has 0 saturated carbocycles. The topological polar surface area (TPSA) is 91.2 Å². The largest absolute Gasteiger partial charge is 0.497 e. The van der Waals surface area contributed by atoms with E-state index in [1.807, 2.05) is 78.9 Å². The van der Waals surface area contributed by atoms with Crippen LogP contribution in [0.2, 0.25) is 0 Å². The van der Waals surface area contributed by atoms with Gasteiger partial charge in [0.15, 0.2) is 16.3 Å². The molecule has 1 aliphatic heterocycles. The lowest BCUT2D eigenvalue weighted by atomic mass is 9.95. The van der Waals surface area contributed by atoms with Gasteiger partial charge in [-0.15, -0.1) is 0 Å². The predicted molar refractivity (Wildman–Crippen MR) is 190 cm³/mol. The van der Waals surface area contributed by atoms with Gasteiger partial charge in [-0.1, -0.05) is 65.4 Å². The Kier molecular flexibility index (Phi) is 9.32. The normalized spacial score (nSPS) is 14.3. The van der Waals surface area contributed by atoms with Gasteiger partial charge >= 0.3 is 0 Å². The minimum Gasteiger partial charge on any atom is -0.497 e. The maximum Gasteiger partial charge on any atom is 0.271 e. The number of nitrogens with one attached hydrogen (secondary N) is 1. The van der Waals surface area contributed by atoms with Crippen LogP contribution in [0.3, 0.4) is 0 Å². The van der Waals surface area contributed by atoms with Gasteiger partial charge in [0.05, 0.1) is 36.1 Å². The Morgan fingerprint density at radius 2 is 1.60 bits per heavy atom. The fraction of sp³-hybridized carbons (Fsp3) is 0.205. The van der Waals surface area contributed by atoms with E-state index in [0.717, 1.165) is 16.7 Å². The molecule has 1 atom stereocenters. The summed E-state index contributed by atoms with van der Waals surface area (Å²) in [5, 5.41) is 2.98. The van der Waals surface area contributed by atoms with E-state index in [0.29, 0.717) is 50.1 Å². The van der Waals surface area contributed by atoms with E-state index in [1.165, 1.54) is 28.0 Å². The highest BCUT2D eigenvalue weighted by atomic mass is 32.1. The second-order valence-electron chi connectivity index (χ2n) is 11.8. The smallest absolute Gasteiger partial charge is 0.271 e. The van der Waals surface area contributed by atoms with Gasteiger partial charge in [-0.2, -0.15) is 0 Å². The van der Waals surface area contributed by atoms with Gasteiger partial charge in [0.1, 0.15) is 12.4 Å². The van der Waals surface area contributed by atoms with Crippen LogP contribution in [0.5, 0.6) is 17.2 Å². The van der Waals surface area contributed by atoms with Crippen LogP contribution in [0, 0.1) is 20.8 Å². The Bertz CT molecular complexity index is 2190. The second kappa shape index (κ2) is 13.8. The molecular weight excluding hydrogens is 623 g/mol. The summed E-state index contributed by atoms with van der Waals surface area (Å²) in [5.41, 5.74) is 7.60. The fourth-order valence-corrected chi connectivity index (χ4v) is 7.11. The van der Waals surface area contributed by atoms with Crippen LogP contribution < -0.4 is 34.4 Å². The van der Waals surface area contributed by atoms with Crippen molar-refractivity contribution in [3.63, 3.8) is 0 Å². The number of carbonyl (C=O) groups is 1. The number of para-hydroxylation sites is 1. The van der Waals surface area contributed by atoms with Gasteiger partial charge in [0.25, 0.3) is 11.5 Å². The van der Waals surface area contributed by atoms with Crippen LogP contribution in [0.15, 0.2) is 106 Å². The lowest BCUT2D eigenvalue weighted by molar-refractivity contribution is -0.113. The number of rotatable bonds is 9. The highest BCUT2D eigenvalue weighted by molar-refractivity contribution is 7.07. The average Bonchev–Trinajstić information content (AvgIpc) is 3.37. The molecular formula is C39H37N3O5S. The summed E-state index contributed by atoms with van der Waals surface area (Å²) in [7, 11) is 3.20. The maximum atomic E-state index is 14.2. The summed E-state index contributed by atoms with van der Waals surface area (Å²) in [6, 6.07) is 25.8. The molecule has 2 heterocycles. The first-order chi connectivity index (χ1) is 23.2. The molecule has 0 saturated heterocycles. The number of allylic oxidation sites excluding steroid dienone is 1. The monoisotopic (exact) mass is 659 g/mol. The highest BCUT2D eigenvalue weighted by Gasteiger charge is 2.32. The van der Waals surface area contributed by atoms with Crippen LogP contribution in [0.25, 0.3) is 6.08 Å². The zero-order valence-electron chi connectivity index (χ0n) is 27.8. The summed E-state index contributed by atoms with van der Waals surface area (Å²) in [4.78, 5) is 33.2. The number of aryl methyl sites for hydroxylation is 3. The molecule has 1 N–H and O–H groups in total. The average molecular weight is 660 g/mol. The Morgan fingerprint density at radius 3 is 2.27 bits per heavy atom. The van der Waals surface area contributed by atoms with Gasteiger partial charge in [0, 0.05) is 5.69 Å². The van der Waals surface area contributed by atoms with E-state index < -0.39 is 6.04 Å². The first kappa shape index (κ1) is 32.5. The van der Waals surface area contributed by atoms with Crippen molar-refractivity contribution in [3.8, 4) is 17.2 Å². The summed E-state index contributed by atoms with van der Waals surface area (Å²) < 4.78 is 19.4. The Hall–Kier alpha value is -5.41. The Labute approximate surface area is 283 Å². The maximum absolute atomic E-state index is 14.2. The van der Waals surface area contributed by atoms with E-state index in [1.54, 1.807) is 25.7 Å². The SMILES string of the molecule is COc1ccc([C@@H]2C(C(=O)Nc3ccccc3)=C(C)N=c3s/c(=C/c4ccc(OCc5c(C)cc(C)cc5C)c(OC)c4)c(=O)n32)cc1. The summed E-state index contributed by atoms with van der Waals surface area (Å²) in [6.07, 6.45) is 1.82. The third-order valence-corrected chi connectivity index (χ3v) is 9.41. The van der Waals surface area contributed by atoms with E-state index in [2.05, 4.69) is 38.2 Å². The highest BCUT2D eigenvalue weighted by Crippen LogP contribution is 2.33. The van der Waals surface area contributed by atoms with Crippen molar-refractivity contribution >= 4 is 29.0 Å². The summed E-state index contributed by atoms with van der Waals surface area (Å²) in [6.45, 7) is 8.49. The molecule has 4 aromatic carbocycles. The molecule has 0 spiro atoms. The number of thiazole rings is 1. The zero-order valence-corrected chi connectivity index (χ0v) is 28.6. The molecule has 0 radical (unpaired) electrons. The van der Waals surface area contributed by atoms with Crippen molar-refractivity contribution < 1.29 is 19.0 Å². The van der Waals surface area contributed by atoms with Gasteiger partial charge in [-0.3, -0.25) is 14.2 Å². The molecule has 244 valence electrons. The number of carbonyl (C=O) groups excluding carboxylic acids is 1. The lowest BCUT2D eigenvalue weighted by Crippen LogP contribution is -2.40. The molecule has 0 unspecified atom stereocenters. The molecule has 0 aliphatic carbocycles. The second-order valence-corrected chi connectivity index (χ2v) is 12.8. The van der Waals surface area contributed by atoms with Gasteiger partial charge < -0.3 is 19.5 Å². The van der Waals surface area contributed by atoms with Crippen LogP contribution in [0.1, 0.15) is 46.3 Å². The molecule has 0 fully saturated rings. The number of anilines is 1. The van der Waals surface area contributed by atoms with Crippen molar-refractivity contribution in [2.24, 2.45) is 4.99 Å². The van der Waals surface area contributed by atoms with Gasteiger partial charge in [0.2, 0.25) is 0 Å². The minimum absolute atomic E-state index is 0.248. The summed E-state index contributed by atoms with van der Waals surface area (Å²) >= 11 is 1.28. The number of ether oxygens (including phenoxy) is 3. The summed E-state index contributed by atoms with van der Waals surface area (Å²) in [5.74, 6) is 1.52. The molecule has 1 amide bonds. The van der Waals surface area contributed by atoms with Crippen molar-refractivity contribution in [2.45, 2.75) is 40.3 Å². The molecule has 6 rings (SSSR count). The molecule has 8 nitrogen and oxygen atoms in total. The van der Waals surface area contributed by atoms with Crippen LogP contribution in [-0.2, 0) is 11.4 Å². The van der Waals surface area contributed by atoms with Gasteiger partial charge in [-0.25, -0.2) is 4.99 Å². The van der Waals surface area contributed by atoms with E-state index >= 15 is 0 Å². The van der Waals surface area contributed by atoms with Crippen LogP contribution in [-0.4, -0.2) is 24.7 Å². The third kappa shape index (κ3) is 6.55. The van der Waals surface area contributed by atoms with E-state index in [-0.39, 0.29) is 11.5 Å². The minimum atomic E-state index is -0.697. The first-order valence-corrected chi connectivity index (χ1v) is 16.4. The number of methoxy groups -OCH3 is 2. The number of hydrogen-bond acceptors (Lipinski definition) is 7. The van der Waals surface area contributed by atoms with E-state index in [4.69, 9.17) is 19.2 Å². The molecule has 48 heavy (non-hydrogen) atoms. The number of amides is 1. The third-order valence-electron chi connectivity index (χ3n) is 8.43. The molecule has 0 bridgehead atoms. The molecule has 1 aromatic heterocycles. The number of aromatic nitrogens is 1. The molecule has 9 heteroatoms. The number of benzene rings is 4. The quantitative estimate of drug-likeness (QED) is 0.198. The first-order valence-electron chi connectivity index (χ1n) is 15.6. The van der Waals surface area contributed by atoms with E-state index in [9.17, 15) is 9.59 Å². The fourth-order valence-electron chi connectivity index (χ4n) is 6.07. The Balaban J connectivity index is 1.37.